The fourth-order valence-electron chi connectivity index (χ4n) is 2.37. The third kappa shape index (κ3) is 2.84. The molecule has 0 radical (unpaired) electrons. The van der Waals surface area contributed by atoms with E-state index in [1.807, 2.05) is 6.92 Å². The fourth-order valence-corrected chi connectivity index (χ4v) is 2.37. The van der Waals surface area contributed by atoms with Crippen LogP contribution in [0.3, 0.4) is 0 Å². The van der Waals surface area contributed by atoms with Crippen LogP contribution in [0.5, 0.6) is 0 Å². The Bertz CT molecular complexity index is 374. The summed E-state index contributed by atoms with van der Waals surface area (Å²) in [4.78, 5) is 6.88. The first kappa shape index (κ1) is 11.2. The average Bonchev–Trinajstić information content (AvgIpc) is 2.85. The highest BCUT2D eigenvalue weighted by atomic mass is 16.5. The number of hydrogen-bond acceptors (Lipinski definition) is 4. The van der Waals surface area contributed by atoms with Crippen LogP contribution in [-0.4, -0.2) is 52.4 Å². The molecule has 2 fully saturated rings. The summed E-state index contributed by atoms with van der Waals surface area (Å²) in [6.45, 7) is 6.10. The van der Waals surface area contributed by atoms with Gasteiger partial charge in [0.2, 0.25) is 0 Å². The van der Waals surface area contributed by atoms with Gasteiger partial charge in [0.1, 0.15) is 5.82 Å². The summed E-state index contributed by atoms with van der Waals surface area (Å²) >= 11 is 0. The summed E-state index contributed by atoms with van der Waals surface area (Å²) in [5, 5.41) is 7.18. The number of aryl methyl sites for hydroxylation is 1. The van der Waals surface area contributed by atoms with Gasteiger partial charge in [-0.05, 0) is 32.7 Å². The average molecular weight is 236 g/mol. The molecule has 1 saturated heterocycles. The molecule has 1 saturated carbocycles. The lowest BCUT2D eigenvalue weighted by molar-refractivity contribution is 0.0979. The van der Waals surface area contributed by atoms with Crippen molar-refractivity contribution >= 4 is 0 Å². The summed E-state index contributed by atoms with van der Waals surface area (Å²) in [6, 6.07) is 0. The van der Waals surface area contributed by atoms with Crippen molar-refractivity contribution in [2.75, 3.05) is 26.2 Å². The maximum Gasteiger partial charge on any atom is 0.155 e. The van der Waals surface area contributed by atoms with Crippen LogP contribution in [-0.2, 0) is 4.74 Å². The van der Waals surface area contributed by atoms with E-state index in [1.54, 1.807) is 0 Å². The number of hydrogen-bond donors (Lipinski definition) is 1. The molecule has 1 aromatic rings. The molecular formula is C12H20N4O. The Kier molecular flexibility index (Phi) is 3.11. The van der Waals surface area contributed by atoms with E-state index in [9.17, 15) is 0 Å². The van der Waals surface area contributed by atoms with E-state index in [0.717, 1.165) is 37.9 Å². The summed E-state index contributed by atoms with van der Waals surface area (Å²) in [6.07, 6.45) is 4.27. The van der Waals surface area contributed by atoms with Crippen molar-refractivity contribution in [1.82, 2.24) is 20.1 Å². The topological polar surface area (TPSA) is 54.0 Å². The van der Waals surface area contributed by atoms with Gasteiger partial charge in [0, 0.05) is 19.0 Å². The second kappa shape index (κ2) is 4.74. The number of H-pyrrole nitrogens is 1. The van der Waals surface area contributed by atoms with Crippen molar-refractivity contribution in [3.63, 3.8) is 0 Å². The Morgan fingerprint density at radius 2 is 2.29 bits per heavy atom. The monoisotopic (exact) mass is 236 g/mol. The van der Waals surface area contributed by atoms with Crippen LogP contribution in [0.25, 0.3) is 0 Å². The van der Waals surface area contributed by atoms with Crippen molar-refractivity contribution in [3.05, 3.63) is 11.6 Å². The van der Waals surface area contributed by atoms with Crippen LogP contribution < -0.4 is 0 Å². The van der Waals surface area contributed by atoms with Crippen molar-refractivity contribution in [3.8, 4) is 0 Å². The van der Waals surface area contributed by atoms with Crippen LogP contribution in [0.4, 0.5) is 0 Å². The van der Waals surface area contributed by atoms with E-state index in [0.29, 0.717) is 12.0 Å². The van der Waals surface area contributed by atoms with Crippen LogP contribution >= 0.6 is 0 Å². The molecule has 94 valence electrons. The van der Waals surface area contributed by atoms with E-state index in [2.05, 4.69) is 20.1 Å². The molecule has 0 bridgehead atoms. The molecule has 2 aliphatic rings. The first-order valence-electron chi connectivity index (χ1n) is 6.54. The lowest BCUT2D eigenvalue weighted by Crippen LogP contribution is -2.25. The minimum absolute atomic E-state index is 0.501. The largest absolute Gasteiger partial charge is 0.377 e. The molecule has 1 N–H and O–H groups in total. The zero-order valence-electron chi connectivity index (χ0n) is 10.4. The van der Waals surface area contributed by atoms with Gasteiger partial charge >= 0.3 is 0 Å². The number of aromatic amines is 1. The highest BCUT2D eigenvalue weighted by molar-refractivity contribution is 5.01. The number of ether oxygens (including phenoxy) is 1. The molecule has 1 atom stereocenters. The minimum Gasteiger partial charge on any atom is -0.377 e. The number of nitrogens with one attached hydrogen (secondary N) is 1. The minimum atomic E-state index is 0.501. The van der Waals surface area contributed by atoms with Gasteiger partial charge in [0.05, 0.1) is 12.7 Å². The first-order chi connectivity index (χ1) is 8.31. The normalized spacial score (nSPS) is 25.6. The van der Waals surface area contributed by atoms with E-state index in [4.69, 9.17) is 4.74 Å². The molecule has 5 nitrogen and oxygen atoms in total. The van der Waals surface area contributed by atoms with E-state index >= 15 is 0 Å². The molecule has 5 heteroatoms. The van der Waals surface area contributed by atoms with Gasteiger partial charge in [0.25, 0.3) is 0 Å². The highest BCUT2D eigenvalue weighted by Gasteiger charge is 2.27. The lowest BCUT2D eigenvalue weighted by atomic mass is 10.1. The Labute approximate surface area is 102 Å². The lowest BCUT2D eigenvalue weighted by Gasteiger charge is -2.14. The first-order valence-corrected chi connectivity index (χ1v) is 6.54. The summed E-state index contributed by atoms with van der Waals surface area (Å²) in [7, 11) is 0. The second-order valence-electron chi connectivity index (χ2n) is 5.14. The maximum atomic E-state index is 5.68. The van der Waals surface area contributed by atoms with E-state index in [-0.39, 0.29) is 0 Å². The molecule has 1 unspecified atom stereocenters. The number of nitrogens with zero attached hydrogens (tertiary/aromatic N) is 3. The van der Waals surface area contributed by atoms with Crippen LogP contribution in [0.1, 0.15) is 36.8 Å². The molecule has 1 aliphatic carbocycles. The molecule has 0 aromatic carbocycles. The smallest absolute Gasteiger partial charge is 0.155 e. The molecule has 0 amide bonds. The maximum absolute atomic E-state index is 5.68. The van der Waals surface area contributed by atoms with Gasteiger partial charge in [-0.1, -0.05) is 0 Å². The highest BCUT2D eigenvalue weighted by Crippen LogP contribution is 2.25. The van der Waals surface area contributed by atoms with E-state index in [1.165, 1.54) is 19.3 Å². The second-order valence-corrected chi connectivity index (χ2v) is 5.14. The summed E-state index contributed by atoms with van der Waals surface area (Å²) in [5.74, 6) is 2.39. The third-order valence-corrected chi connectivity index (χ3v) is 3.54. The van der Waals surface area contributed by atoms with Crippen molar-refractivity contribution < 1.29 is 4.74 Å². The Hall–Kier alpha value is -0.940. The summed E-state index contributed by atoms with van der Waals surface area (Å²) < 4.78 is 5.68. The van der Waals surface area contributed by atoms with Gasteiger partial charge in [-0.2, -0.15) is 5.10 Å². The quantitative estimate of drug-likeness (QED) is 0.831. The van der Waals surface area contributed by atoms with Gasteiger partial charge < -0.3 is 9.64 Å². The van der Waals surface area contributed by atoms with Gasteiger partial charge in [-0.3, -0.25) is 5.10 Å². The van der Waals surface area contributed by atoms with Crippen LogP contribution in [0, 0.1) is 6.92 Å². The third-order valence-electron chi connectivity index (χ3n) is 3.54. The number of rotatable bonds is 5. The molecule has 3 rings (SSSR count). The molecule has 1 aliphatic heterocycles. The fraction of sp³-hybridized carbons (Fsp3) is 0.833. The Morgan fingerprint density at radius 1 is 1.41 bits per heavy atom. The number of aromatic nitrogens is 3. The zero-order chi connectivity index (χ0) is 11.7. The molecular weight excluding hydrogens is 216 g/mol. The van der Waals surface area contributed by atoms with Gasteiger partial charge in [-0.15, -0.1) is 0 Å². The van der Waals surface area contributed by atoms with Gasteiger partial charge in [-0.25, -0.2) is 4.98 Å². The van der Waals surface area contributed by atoms with Crippen molar-refractivity contribution in [2.45, 2.75) is 38.2 Å². The summed E-state index contributed by atoms with van der Waals surface area (Å²) in [5.41, 5.74) is 0. The predicted octanol–water partition coefficient (Wildman–Crippen LogP) is 1.08. The number of likely N-dealkylation sites (tertiary alicyclic amines) is 1. The van der Waals surface area contributed by atoms with Crippen LogP contribution in [0.2, 0.25) is 0 Å². The van der Waals surface area contributed by atoms with Crippen molar-refractivity contribution in [2.24, 2.45) is 0 Å². The van der Waals surface area contributed by atoms with Crippen LogP contribution in [0.15, 0.2) is 0 Å². The molecule has 2 heterocycles. The van der Waals surface area contributed by atoms with Gasteiger partial charge in [0.15, 0.2) is 5.82 Å². The SMILES string of the molecule is Cc1nc(C2CCN(CCOC3CC3)C2)n[nH]1. The van der Waals surface area contributed by atoms with Crippen molar-refractivity contribution in [1.29, 1.82) is 0 Å². The Morgan fingerprint density at radius 3 is 3.00 bits per heavy atom. The predicted molar refractivity (Wildman–Crippen MR) is 63.9 cm³/mol. The standard InChI is InChI=1S/C12H20N4O/c1-9-13-12(15-14-9)10-4-5-16(8-10)6-7-17-11-2-3-11/h10-11H,2-8H2,1H3,(H,13,14,15). The van der Waals surface area contributed by atoms with E-state index < -0.39 is 0 Å². The molecule has 1 aromatic heterocycles. The zero-order valence-corrected chi connectivity index (χ0v) is 10.4. The molecule has 17 heavy (non-hydrogen) atoms. The Balaban J connectivity index is 1.44. The molecule has 0 spiro atoms.